The van der Waals surface area contributed by atoms with Crippen LogP contribution in [0.15, 0.2) is 30.5 Å². The topological polar surface area (TPSA) is 77.2 Å². The molecule has 0 spiro atoms. The second-order valence-corrected chi connectivity index (χ2v) is 12.5. The summed E-state index contributed by atoms with van der Waals surface area (Å²) in [5.74, 6) is 1.65. The van der Waals surface area contributed by atoms with Crippen LogP contribution in [0.4, 0.5) is 4.39 Å². The predicted octanol–water partition coefficient (Wildman–Crippen LogP) is 5.57. The lowest BCUT2D eigenvalue weighted by atomic mass is 9.45. The van der Waals surface area contributed by atoms with Crippen molar-refractivity contribution in [1.82, 2.24) is 15.0 Å². The van der Waals surface area contributed by atoms with Gasteiger partial charge in [-0.1, -0.05) is 19.1 Å². The highest BCUT2D eigenvalue weighted by Crippen LogP contribution is 2.68. The Labute approximate surface area is 212 Å². The van der Waals surface area contributed by atoms with E-state index in [4.69, 9.17) is 4.74 Å². The maximum Gasteiger partial charge on any atom is 0.302 e. The van der Waals surface area contributed by atoms with Crippen molar-refractivity contribution in [2.75, 3.05) is 0 Å². The van der Waals surface area contributed by atoms with Gasteiger partial charge in [-0.2, -0.15) is 0 Å². The number of aromatic nitrogens is 3. The first-order chi connectivity index (χ1) is 17.2. The van der Waals surface area contributed by atoms with Gasteiger partial charge in [-0.15, -0.1) is 5.10 Å². The van der Waals surface area contributed by atoms with Gasteiger partial charge in [-0.3, -0.25) is 4.79 Å². The minimum atomic E-state index is -0.350. The molecule has 1 aromatic heterocycles. The van der Waals surface area contributed by atoms with Crippen LogP contribution in [0, 0.1) is 40.3 Å². The van der Waals surface area contributed by atoms with Gasteiger partial charge in [-0.25, -0.2) is 9.07 Å². The van der Waals surface area contributed by atoms with Crippen LogP contribution >= 0.6 is 0 Å². The SMILES string of the molecule is CC(=O)O[C@H]1CC[C@@]2(C)[C@@H](CC[C@H]3[C@@H]4[C@H](n5cc(-c6ccc(F)cc6)nn5)C[C@H](O)[C@@]4(C)CC[C@@H]32)C1. The van der Waals surface area contributed by atoms with Crippen molar-refractivity contribution in [3.63, 3.8) is 0 Å². The lowest BCUT2D eigenvalue weighted by Gasteiger charge is -2.61. The van der Waals surface area contributed by atoms with Crippen molar-refractivity contribution in [3.8, 4) is 11.3 Å². The largest absolute Gasteiger partial charge is 0.463 e. The standard InChI is InChI=1S/C29H38FN3O3/c1-17(34)36-21-10-12-28(2)19(14-21)6-9-22-23(28)11-13-29(3)26(35)15-25(27(22)29)33-16-24(31-32-33)18-4-7-20(30)8-5-18/h4-5,7-8,16,19,21-23,25-27,35H,6,9-15H2,1-3H3/t19-,21-,22+,23-,25+,26-,27+,28-,29+/m0/s1. The van der Waals surface area contributed by atoms with Crippen LogP contribution in [-0.2, 0) is 9.53 Å². The summed E-state index contributed by atoms with van der Waals surface area (Å²) < 4.78 is 21.0. The molecule has 4 aliphatic carbocycles. The second kappa shape index (κ2) is 8.64. The van der Waals surface area contributed by atoms with E-state index in [1.807, 2.05) is 10.9 Å². The monoisotopic (exact) mass is 495 g/mol. The summed E-state index contributed by atoms with van der Waals surface area (Å²) in [6, 6.07) is 6.49. The Morgan fingerprint density at radius 2 is 1.83 bits per heavy atom. The molecule has 0 unspecified atom stereocenters. The summed E-state index contributed by atoms with van der Waals surface area (Å²) >= 11 is 0. The molecule has 0 saturated heterocycles. The molecule has 194 valence electrons. The van der Waals surface area contributed by atoms with Crippen molar-refractivity contribution in [2.45, 2.75) is 90.4 Å². The lowest BCUT2D eigenvalue weighted by Crippen LogP contribution is -2.55. The number of nitrogens with zero attached hydrogens (tertiary/aromatic N) is 3. The number of hydrogen-bond donors (Lipinski definition) is 1. The number of hydrogen-bond acceptors (Lipinski definition) is 5. The highest BCUT2D eigenvalue weighted by atomic mass is 19.1. The van der Waals surface area contributed by atoms with Crippen LogP contribution in [0.3, 0.4) is 0 Å². The Balaban J connectivity index is 1.28. The Hall–Kier alpha value is -2.28. The number of fused-ring (bicyclic) bond motifs is 5. The summed E-state index contributed by atoms with van der Waals surface area (Å²) in [5.41, 5.74) is 1.72. The second-order valence-electron chi connectivity index (χ2n) is 12.5. The van der Waals surface area contributed by atoms with Gasteiger partial charge in [0, 0.05) is 12.5 Å². The molecule has 6 nitrogen and oxygen atoms in total. The third kappa shape index (κ3) is 3.72. The average molecular weight is 496 g/mol. The fraction of sp³-hybridized carbons (Fsp3) is 0.690. The zero-order valence-corrected chi connectivity index (χ0v) is 21.6. The van der Waals surface area contributed by atoms with E-state index < -0.39 is 0 Å². The molecular weight excluding hydrogens is 457 g/mol. The zero-order valence-electron chi connectivity index (χ0n) is 21.6. The normalized spacial score (nSPS) is 41.8. The van der Waals surface area contributed by atoms with Crippen molar-refractivity contribution >= 4 is 5.97 Å². The fourth-order valence-electron chi connectivity index (χ4n) is 9.06. The van der Waals surface area contributed by atoms with Crippen molar-refractivity contribution in [2.24, 2.45) is 34.5 Å². The van der Waals surface area contributed by atoms with Gasteiger partial charge in [0.15, 0.2) is 0 Å². The third-order valence-corrected chi connectivity index (χ3v) is 10.9. The first-order valence-corrected chi connectivity index (χ1v) is 13.7. The number of aliphatic hydroxyl groups is 1. The number of carbonyl (C=O) groups is 1. The summed E-state index contributed by atoms with van der Waals surface area (Å²) in [5, 5.41) is 20.3. The minimum Gasteiger partial charge on any atom is -0.463 e. The van der Waals surface area contributed by atoms with E-state index in [1.165, 1.54) is 19.1 Å². The Morgan fingerprint density at radius 1 is 1.08 bits per heavy atom. The summed E-state index contributed by atoms with van der Waals surface area (Å²) in [7, 11) is 0. The van der Waals surface area contributed by atoms with Crippen LogP contribution in [0.5, 0.6) is 0 Å². The van der Waals surface area contributed by atoms with Gasteiger partial charge in [0.25, 0.3) is 0 Å². The van der Waals surface area contributed by atoms with Gasteiger partial charge >= 0.3 is 5.97 Å². The molecule has 0 amide bonds. The Morgan fingerprint density at radius 3 is 2.58 bits per heavy atom. The molecule has 1 N–H and O–H groups in total. The number of aliphatic hydroxyl groups excluding tert-OH is 1. The minimum absolute atomic E-state index is 0.0621. The molecule has 9 atom stereocenters. The van der Waals surface area contributed by atoms with Crippen LogP contribution in [0.2, 0.25) is 0 Å². The molecule has 0 radical (unpaired) electrons. The molecular formula is C29H38FN3O3. The lowest BCUT2D eigenvalue weighted by molar-refractivity contribution is -0.162. The van der Waals surface area contributed by atoms with E-state index in [2.05, 4.69) is 24.2 Å². The molecule has 1 heterocycles. The highest BCUT2D eigenvalue weighted by molar-refractivity contribution is 5.66. The number of benzene rings is 1. The first kappa shape index (κ1) is 24.1. The number of esters is 1. The molecule has 4 aliphatic rings. The quantitative estimate of drug-likeness (QED) is 0.563. The molecule has 7 heteroatoms. The summed E-state index contributed by atoms with van der Waals surface area (Å²) in [4.78, 5) is 11.6. The van der Waals surface area contributed by atoms with Gasteiger partial charge in [0.05, 0.1) is 18.3 Å². The number of rotatable bonds is 3. The zero-order chi connectivity index (χ0) is 25.2. The Bertz CT molecular complexity index is 1140. The van der Waals surface area contributed by atoms with Crippen LogP contribution in [-0.4, -0.2) is 38.3 Å². The Kier molecular flexibility index (Phi) is 5.78. The van der Waals surface area contributed by atoms with E-state index in [1.54, 1.807) is 12.1 Å². The molecule has 0 bridgehead atoms. The molecule has 1 aromatic carbocycles. The smallest absolute Gasteiger partial charge is 0.302 e. The predicted molar refractivity (Wildman–Crippen MR) is 133 cm³/mol. The van der Waals surface area contributed by atoms with E-state index in [9.17, 15) is 14.3 Å². The maximum absolute atomic E-state index is 13.4. The first-order valence-electron chi connectivity index (χ1n) is 13.7. The molecule has 2 aromatic rings. The number of halogens is 1. The maximum atomic E-state index is 13.4. The van der Waals surface area contributed by atoms with Gasteiger partial charge in [0.2, 0.25) is 0 Å². The summed E-state index contributed by atoms with van der Waals surface area (Å²) in [6.45, 7) is 6.30. The average Bonchev–Trinajstić information content (AvgIpc) is 3.42. The van der Waals surface area contributed by atoms with Gasteiger partial charge in [0.1, 0.15) is 17.6 Å². The van der Waals surface area contributed by atoms with E-state index in [0.29, 0.717) is 30.1 Å². The van der Waals surface area contributed by atoms with Crippen LogP contribution in [0.1, 0.15) is 78.2 Å². The van der Waals surface area contributed by atoms with Gasteiger partial charge < -0.3 is 9.84 Å². The van der Waals surface area contributed by atoms with E-state index in [0.717, 1.165) is 56.2 Å². The van der Waals surface area contributed by atoms with Crippen molar-refractivity contribution < 1.29 is 19.0 Å². The molecule has 4 fully saturated rings. The number of ether oxygens (including phenoxy) is 1. The molecule has 6 rings (SSSR count). The third-order valence-electron chi connectivity index (χ3n) is 10.9. The van der Waals surface area contributed by atoms with E-state index >= 15 is 0 Å². The molecule has 0 aliphatic heterocycles. The summed E-state index contributed by atoms with van der Waals surface area (Å²) in [6.07, 6.45) is 9.93. The van der Waals surface area contributed by atoms with E-state index in [-0.39, 0.29) is 40.9 Å². The molecule has 4 saturated carbocycles. The number of carbonyl (C=O) groups excluding carboxylic acids is 1. The highest BCUT2D eigenvalue weighted by Gasteiger charge is 2.63. The van der Waals surface area contributed by atoms with Crippen LogP contribution in [0.25, 0.3) is 11.3 Å². The van der Waals surface area contributed by atoms with Crippen molar-refractivity contribution in [1.29, 1.82) is 0 Å². The van der Waals surface area contributed by atoms with Crippen LogP contribution < -0.4 is 0 Å². The fourth-order valence-corrected chi connectivity index (χ4v) is 9.06. The van der Waals surface area contributed by atoms with Gasteiger partial charge in [-0.05, 0) is 110 Å². The molecule has 36 heavy (non-hydrogen) atoms. The van der Waals surface area contributed by atoms with Crippen molar-refractivity contribution in [3.05, 3.63) is 36.3 Å².